The van der Waals surface area contributed by atoms with E-state index in [2.05, 4.69) is 10.3 Å². The molecule has 96 valence electrons. The van der Waals surface area contributed by atoms with E-state index in [1.165, 1.54) is 0 Å². The van der Waals surface area contributed by atoms with Gasteiger partial charge in [-0.1, -0.05) is 6.07 Å². The van der Waals surface area contributed by atoms with Crippen LogP contribution in [0.25, 0.3) is 10.9 Å². The predicted molar refractivity (Wildman–Crippen MR) is 72.6 cm³/mol. The van der Waals surface area contributed by atoms with Crippen LogP contribution in [0.1, 0.15) is 11.3 Å². The number of hydrogen-bond acceptors (Lipinski definition) is 2. The number of nitrogens with one attached hydrogen (secondary N) is 2. The zero-order valence-electron chi connectivity index (χ0n) is 10.3. The van der Waals surface area contributed by atoms with Gasteiger partial charge in [-0.05, 0) is 41.3 Å². The maximum Gasteiger partial charge on any atom is 0.224 e. The maximum absolute atomic E-state index is 11.8. The van der Waals surface area contributed by atoms with E-state index in [9.17, 15) is 4.79 Å². The minimum atomic E-state index is -0.00807. The van der Waals surface area contributed by atoms with Crippen LogP contribution in [-0.4, -0.2) is 10.9 Å². The molecule has 2 heterocycles. The molecule has 0 aliphatic carbocycles. The van der Waals surface area contributed by atoms with Crippen molar-refractivity contribution >= 4 is 16.8 Å². The molecule has 1 amide bonds. The summed E-state index contributed by atoms with van der Waals surface area (Å²) in [6.45, 7) is 0.429. The highest BCUT2D eigenvalue weighted by Crippen LogP contribution is 2.14. The number of aromatic amines is 1. The van der Waals surface area contributed by atoms with Gasteiger partial charge in [-0.3, -0.25) is 4.79 Å². The maximum atomic E-state index is 11.8. The van der Waals surface area contributed by atoms with Crippen LogP contribution in [0.3, 0.4) is 0 Å². The van der Waals surface area contributed by atoms with E-state index >= 15 is 0 Å². The highest BCUT2D eigenvalue weighted by molar-refractivity contribution is 5.83. The van der Waals surface area contributed by atoms with E-state index in [-0.39, 0.29) is 5.91 Å². The van der Waals surface area contributed by atoms with E-state index < -0.39 is 0 Å². The highest BCUT2D eigenvalue weighted by atomic mass is 16.3. The van der Waals surface area contributed by atoms with E-state index in [0.717, 1.165) is 22.2 Å². The zero-order valence-corrected chi connectivity index (χ0v) is 10.3. The molecule has 2 N–H and O–H groups in total. The van der Waals surface area contributed by atoms with Gasteiger partial charge in [-0.2, -0.15) is 0 Å². The second-order valence-electron chi connectivity index (χ2n) is 4.43. The van der Waals surface area contributed by atoms with Crippen LogP contribution >= 0.6 is 0 Å². The first kappa shape index (κ1) is 11.6. The summed E-state index contributed by atoms with van der Waals surface area (Å²) in [5.74, 6) is 0.751. The Bertz CT molecular complexity index is 683. The molecule has 0 saturated carbocycles. The van der Waals surface area contributed by atoms with E-state index in [1.54, 1.807) is 12.3 Å². The molecule has 1 aromatic carbocycles. The summed E-state index contributed by atoms with van der Waals surface area (Å²) < 4.78 is 5.16. The average molecular weight is 254 g/mol. The molecule has 0 aliphatic heterocycles. The number of aromatic nitrogens is 1. The lowest BCUT2D eigenvalue weighted by molar-refractivity contribution is -0.120. The average Bonchev–Trinajstić information content (AvgIpc) is 3.07. The topological polar surface area (TPSA) is 58.0 Å². The number of furan rings is 1. The van der Waals surface area contributed by atoms with Gasteiger partial charge in [0.25, 0.3) is 0 Å². The number of rotatable bonds is 4. The summed E-state index contributed by atoms with van der Waals surface area (Å²) >= 11 is 0. The molecule has 0 atom stereocenters. The largest absolute Gasteiger partial charge is 0.467 e. The van der Waals surface area contributed by atoms with Crippen molar-refractivity contribution in [3.05, 3.63) is 60.2 Å². The Hall–Kier alpha value is -2.49. The van der Waals surface area contributed by atoms with Gasteiger partial charge in [0.1, 0.15) is 5.76 Å². The summed E-state index contributed by atoms with van der Waals surface area (Å²) in [6, 6.07) is 11.6. The Labute approximate surface area is 110 Å². The molecule has 0 aliphatic rings. The number of benzene rings is 1. The summed E-state index contributed by atoms with van der Waals surface area (Å²) in [7, 11) is 0. The fourth-order valence-electron chi connectivity index (χ4n) is 2.06. The Kier molecular flexibility index (Phi) is 3.06. The van der Waals surface area contributed by atoms with Crippen LogP contribution in [-0.2, 0) is 17.8 Å². The fourth-order valence-corrected chi connectivity index (χ4v) is 2.06. The third kappa shape index (κ3) is 2.68. The molecular formula is C15H14N2O2. The highest BCUT2D eigenvalue weighted by Gasteiger charge is 2.05. The molecule has 0 radical (unpaired) electrons. The van der Waals surface area contributed by atoms with Crippen molar-refractivity contribution in [3.63, 3.8) is 0 Å². The molecule has 0 spiro atoms. The summed E-state index contributed by atoms with van der Waals surface area (Å²) in [5, 5.41) is 3.96. The van der Waals surface area contributed by atoms with Gasteiger partial charge in [0.15, 0.2) is 0 Å². The Balaban J connectivity index is 1.62. The minimum absolute atomic E-state index is 0.00807. The van der Waals surface area contributed by atoms with Crippen LogP contribution in [0.5, 0.6) is 0 Å². The molecular weight excluding hydrogens is 240 g/mol. The summed E-state index contributed by atoms with van der Waals surface area (Å²) in [6.07, 6.45) is 3.87. The predicted octanol–water partition coefficient (Wildman–Crippen LogP) is 2.62. The Morgan fingerprint density at radius 3 is 3.05 bits per heavy atom. The van der Waals surface area contributed by atoms with Gasteiger partial charge in [0, 0.05) is 11.7 Å². The van der Waals surface area contributed by atoms with Crippen molar-refractivity contribution in [3.8, 4) is 0 Å². The number of H-pyrrole nitrogens is 1. The first-order valence-corrected chi connectivity index (χ1v) is 6.16. The molecule has 0 saturated heterocycles. The fraction of sp³-hybridized carbons (Fsp3) is 0.133. The van der Waals surface area contributed by atoms with Crippen molar-refractivity contribution in [1.29, 1.82) is 0 Å². The Morgan fingerprint density at radius 1 is 1.26 bits per heavy atom. The van der Waals surface area contributed by atoms with Crippen LogP contribution in [0.2, 0.25) is 0 Å². The zero-order chi connectivity index (χ0) is 13.1. The molecule has 3 rings (SSSR count). The summed E-state index contributed by atoms with van der Waals surface area (Å²) in [4.78, 5) is 15.0. The number of fused-ring (bicyclic) bond motifs is 1. The van der Waals surface area contributed by atoms with Crippen LogP contribution in [0.4, 0.5) is 0 Å². The summed E-state index contributed by atoms with van der Waals surface area (Å²) in [5.41, 5.74) is 2.09. The Morgan fingerprint density at radius 2 is 2.21 bits per heavy atom. The van der Waals surface area contributed by atoms with E-state index in [4.69, 9.17) is 4.42 Å². The minimum Gasteiger partial charge on any atom is -0.467 e. The van der Waals surface area contributed by atoms with Crippen LogP contribution in [0, 0.1) is 0 Å². The second kappa shape index (κ2) is 5.02. The molecule has 0 fully saturated rings. The smallest absolute Gasteiger partial charge is 0.224 e. The standard InChI is InChI=1S/C15H14N2O2/c18-15(17-10-13-2-1-7-19-13)9-11-3-4-14-12(8-11)5-6-16-14/h1-8,16H,9-10H2,(H,17,18). The SMILES string of the molecule is O=C(Cc1ccc2[nH]ccc2c1)NCc1ccco1. The van der Waals surface area contributed by atoms with Crippen LogP contribution < -0.4 is 5.32 Å². The molecule has 3 aromatic rings. The number of carbonyl (C=O) groups excluding carboxylic acids is 1. The number of carbonyl (C=O) groups is 1. The van der Waals surface area contributed by atoms with Gasteiger partial charge in [-0.15, -0.1) is 0 Å². The lowest BCUT2D eigenvalue weighted by atomic mass is 10.1. The van der Waals surface area contributed by atoms with Crippen molar-refractivity contribution in [1.82, 2.24) is 10.3 Å². The van der Waals surface area contributed by atoms with Crippen molar-refractivity contribution < 1.29 is 9.21 Å². The first-order chi connectivity index (χ1) is 9.31. The van der Waals surface area contributed by atoms with Gasteiger partial charge in [-0.25, -0.2) is 0 Å². The van der Waals surface area contributed by atoms with E-state index in [1.807, 2.05) is 36.5 Å². The first-order valence-electron chi connectivity index (χ1n) is 6.16. The third-order valence-electron chi connectivity index (χ3n) is 3.02. The quantitative estimate of drug-likeness (QED) is 0.752. The number of amides is 1. The molecule has 0 unspecified atom stereocenters. The monoisotopic (exact) mass is 254 g/mol. The van der Waals surface area contributed by atoms with Gasteiger partial charge in [0.05, 0.1) is 19.2 Å². The molecule has 4 heteroatoms. The van der Waals surface area contributed by atoms with Crippen molar-refractivity contribution in [2.24, 2.45) is 0 Å². The molecule has 19 heavy (non-hydrogen) atoms. The third-order valence-corrected chi connectivity index (χ3v) is 3.02. The van der Waals surface area contributed by atoms with Crippen molar-refractivity contribution in [2.75, 3.05) is 0 Å². The lowest BCUT2D eigenvalue weighted by Gasteiger charge is -2.04. The van der Waals surface area contributed by atoms with Gasteiger partial charge in [0.2, 0.25) is 5.91 Å². The molecule has 4 nitrogen and oxygen atoms in total. The van der Waals surface area contributed by atoms with Gasteiger partial charge >= 0.3 is 0 Å². The molecule has 0 bridgehead atoms. The lowest BCUT2D eigenvalue weighted by Crippen LogP contribution is -2.24. The number of hydrogen-bond donors (Lipinski definition) is 2. The van der Waals surface area contributed by atoms with Gasteiger partial charge < -0.3 is 14.7 Å². The van der Waals surface area contributed by atoms with Crippen molar-refractivity contribution in [2.45, 2.75) is 13.0 Å². The normalized spacial score (nSPS) is 10.7. The second-order valence-corrected chi connectivity index (χ2v) is 4.43. The van der Waals surface area contributed by atoms with E-state index in [0.29, 0.717) is 13.0 Å². The van der Waals surface area contributed by atoms with Crippen LogP contribution in [0.15, 0.2) is 53.3 Å². The molecule has 2 aromatic heterocycles.